The maximum absolute atomic E-state index is 12.8. The number of aliphatic carboxylic acids is 1. The summed E-state index contributed by atoms with van der Waals surface area (Å²) in [6.07, 6.45) is 0. The second-order valence-electron chi connectivity index (χ2n) is 7.83. The molecule has 0 saturated carbocycles. The molecule has 14 heteroatoms. The Balaban J connectivity index is 1.63. The largest absolute Gasteiger partial charge is 0.508 e. The average Bonchev–Trinajstić information content (AvgIpc) is 3.30. The van der Waals surface area contributed by atoms with E-state index in [0.29, 0.717) is 11.1 Å². The van der Waals surface area contributed by atoms with Crippen molar-refractivity contribution in [2.75, 3.05) is 20.8 Å². The first kappa shape index (κ1) is 27.9. The molecule has 3 rings (SSSR count). The Bertz CT molecular complexity index is 1340. The van der Waals surface area contributed by atoms with Crippen molar-refractivity contribution in [2.24, 2.45) is 0 Å². The minimum absolute atomic E-state index is 0.0695. The van der Waals surface area contributed by atoms with Crippen LogP contribution in [0.15, 0.2) is 36.4 Å². The van der Waals surface area contributed by atoms with Crippen molar-refractivity contribution >= 4 is 35.0 Å². The van der Waals surface area contributed by atoms with E-state index in [2.05, 4.69) is 25.9 Å². The van der Waals surface area contributed by atoms with Gasteiger partial charge in [0, 0.05) is 19.2 Å². The van der Waals surface area contributed by atoms with Crippen LogP contribution in [0.3, 0.4) is 0 Å². The first-order valence-electron chi connectivity index (χ1n) is 11.1. The fourth-order valence-corrected chi connectivity index (χ4v) is 4.17. The van der Waals surface area contributed by atoms with E-state index < -0.39 is 36.3 Å². The van der Waals surface area contributed by atoms with Gasteiger partial charge in [0.2, 0.25) is 5.88 Å². The molecule has 38 heavy (non-hydrogen) atoms. The molecule has 1 unspecified atom stereocenters. The van der Waals surface area contributed by atoms with Gasteiger partial charge in [-0.25, -0.2) is 4.79 Å². The van der Waals surface area contributed by atoms with Gasteiger partial charge in [-0.3, -0.25) is 14.4 Å². The number of aromatic nitrogens is 2. The van der Waals surface area contributed by atoms with Crippen LogP contribution in [0.2, 0.25) is 0 Å². The Morgan fingerprint density at radius 2 is 1.76 bits per heavy atom. The van der Waals surface area contributed by atoms with E-state index in [1.165, 1.54) is 38.5 Å². The van der Waals surface area contributed by atoms with Crippen LogP contribution in [0.25, 0.3) is 0 Å². The molecule has 200 valence electrons. The molecule has 2 heterocycles. The van der Waals surface area contributed by atoms with Crippen LogP contribution in [-0.2, 0) is 11.3 Å². The van der Waals surface area contributed by atoms with Gasteiger partial charge in [0.25, 0.3) is 17.7 Å². The number of rotatable bonds is 11. The number of benzene rings is 1. The van der Waals surface area contributed by atoms with Gasteiger partial charge in [-0.2, -0.15) is 9.97 Å². The van der Waals surface area contributed by atoms with Crippen LogP contribution < -0.4 is 25.4 Å². The van der Waals surface area contributed by atoms with Crippen molar-refractivity contribution in [1.29, 1.82) is 0 Å². The number of hydrogen-bond donors (Lipinski definition) is 5. The molecule has 2 aromatic heterocycles. The number of thiophene rings is 1. The topological polar surface area (TPSA) is 189 Å². The third-order valence-corrected chi connectivity index (χ3v) is 6.32. The standard InChI is InChI=1S/C24H25N5O8S/c1-12-7-17(21(32)25-10-13-5-4-6-14(30)8-13)38-19(12)22(33)27-16(23(34)35)11-26-20(31)15-9-18(36-2)29-24(28-15)37-3/h4-9,16,30H,10-11H2,1-3H3,(H,25,32)(H,26,31)(H,27,33)(H,34,35). The Morgan fingerprint density at radius 3 is 2.42 bits per heavy atom. The van der Waals surface area contributed by atoms with Crippen LogP contribution in [-0.4, -0.2) is 70.7 Å². The van der Waals surface area contributed by atoms with Gasteiger partial charge in [-0.15, -0.1) is 11.3 Å². The van der Waals surface area contributed by atoms with Crippen LogP contribution in [0.5, 0.6) is 17.6 Å². The predicted octanol–water partition coefficient (Wildman–Crippen LogP) is 1.11. The van der Waals surface area contributed by atoms with Crippen LogP contribution in [0.1, 0.15) is 41.0 Å². The Labute approximate surface area is 220 Å². The summed E-state index contributed by atoms with van der Waals surface area (Å²) in [5.41, 5.74) is 1.04. The zero-order valence-electron chi connectivity index (χ0n) is 20.6. The van der Waals surface area contributed by atoms with Gasteiger partial charge < -0.3 is 35.6 Å². The molecule has 13 nitrogen and oxygen atoms in total. The third kappa shape index (κ3) is 7.16. The summed E-state index contributed by atoms with van der Waals surface area (Å²) in [5, 5.41) is 26.6. The van der Waals surface area contributed by atoms with E-state index in [4.69, 9.17) is 9.47 Å². The lowest BCUT2D eigenvalue weighted by Crippen LogP contribution is -2.48. The number of carbonyl (C=O) groups excluding carboxylic acids is 3. The highest BCUT2D eigenvalue weighted by atomic mass is 32.1. The first-order chi connectivity index (χ1) is 18.1. The van der Waals surface area contributed by atoms with Crippen molar-refractivity contribution in [3.8, 4) is 17.6 Å². The molecule has 1 aromatic carbocycles. The number of phenols is 1. The number of amides is 3. The zero-order valence-corrected chi connectivity index (χ0v) is 21.4. The lowest BCUT2D eigenvalue weighted by atomic mass is 10.2. The number of carbonyl (C=O) groups is 4. The molecule has 5 N–H and O–H groups in total. The van der Waals surface area contributed by atoms with Gasteiger partial charge in [0.05, 0.1) is 24.0 Å². The quantitative estimate of drug-likeness (QED) is 0.234. The Hall–Kier alpha value is -4.72. The van der Waals surface area contributed by atoms with Crippen molar-refractivity contribution in [3.63, 3.8) is 0 Å². The lowest BCUT2D eigenvalue weighted by Gasteiger charge is -2.15. The fourth-order valence-electron chi connectivity index (χ4n) is 3.18. The smallest absolute Gasteiger partial charge is 0.328 e. The number of nitrogens with one attached hydrogen (secondary N) is 3. The first-order valence-corrected chi connectivity index (χ1v) is 11.9. The maximum Gasteiger partial charge on any atom is 0.328 e. The van der Waals surface area contributed by atoms with Gasteiger partial charge >= 0.3 is 12.0 Å². The third-order valence-electron chi connectivity index (χ3n) is 5.09. The average molecular weight is 544 g/mol. The number of aromatic hydroxyl groups is 1. The van der Waals surface area contributed by atoms with E-state index in [-0.39, 0.29) is 39.6 Å². The predicted molar refractivity (Wildman–Crippen MR) is 135 cm³/mol. The van der Waals surface area contributed by atoms with Gasteiger partial charge in [-0.1, -0.05) is 12.1 Å². The Kier molecular flexibility index (Phi) is 9.16. The summed E-state index contributed by atoms with van der Waals surface area (Å²) in [7, 11) is 2.65. The molecule has 0 saturated heterocycles. The van der Waals surface area contributed by atoms with Crippen LogP contribution >= 0.6 is 11.3 Å². The highest BCUT2D eigenvalue weighted by Crippen LogP contribution is 2.22. The normalized spacial score (nSPS) is 11.2. The van der Waals surface area contributed by atoms with Crippen molar-refractivity contribution in [1.82, 2.24) is 25.9 Å². The molecule has 1 atom stereocenters. The summed E-state index contributed by atoms with van der Waals surface area (Å²) in [6.45, 7) is 1.33. The molecule has 3 amide bonds. The number of methoxy groups -OCH3 is 2. The highest BCUT2D eigenvalue weighted by molar-refractivity contribution is 7.16. The molecular formula is C24H25N5O8S. The molecule has 0 radical (unpaired) electrons. The number of nitrogens with zero attached hydrogens (tertiary/aromatic N) is 2. The van der Waals surface area contributed by atoms with Crippen molar-refractivity contribution in [2.45, 2.75) is 19.5 Å². The number of carboxylic acids is 1. The highest BCUT2D eigenvalue weighted by Gasteiger charge is 2.25. The van der Waals surface area contributed by atoms with E-state index in [0.717, 1.165) is 11.3 Å². The Morgan fingerprint density at radius 1 is 1.00 bits per heavy atom. The molecule has 0 aliphatic carbocycles. The molecule has 0 aliphatic rings. The molecule has 0 spiro atoms. The zero-order chi connectivity index (χ0) is 27.8. The lowest BCUT2D eigenvalue weighted by molar-refractivity contribution is -0.139. The summed E-state index contributed by atoms with van der Waals surface area (Å²) in [6, 6.07) is 7.59. The SMILES string of the molecule is COc1cc(C(=O)NCC(NC(=O)c2sc(C(=O)NCc3cccc(O)c3)cc2C)C(=O)O)nc(OC)n1. The van der Waals surface area contributed by atoms with Gasteiger partial charge in [0.1, 0.15) is 17.5 Å². The number of ether oxygens (including phenoxy) is 2. The molecule has 0 aliphatic heterocycles. The van der Waals surface area contributed by atoms with Gasteiger partial charge in [0.15, 0.2) is 0 Å². The van der Waals surface area contributed by atoms with E-state index in [9.17, 15) is 29.4 Å². The molecular weight excluding hydrogens is 518 g/mol. The monoisotopic (exact) mass is 543 g/mol. The van der Waals surface area contributed by atoms with E-state index in [1.54, 1.807) is 19.1 Å². The minimum atomic E-state index is -1.47. The summed E-state index contributed by atoms with van der Waals surface area (Å²) in [4.78, 5) is 57.8. The molecule has 0 fully saturated rings. The van der Waals surface area contributed by atoms with E-state index in [1.807, 2.05) is 0 Å². The maximum atomic E-state index is 12.8. The molecule has 3 aromatic rings. The summed E-state index contributed by atoms with van der Waals surface area (Å²) >= 11 is 0.899. The van der Waals surface area contributed by atoms with Crippen LogP contribution in [0.4, 0.5) is 0 Å². The van der Waals surface area contributed by atoms with E-state index >= 15 is 0 Å². The number of aryl methyl sites for hydroxylation is 1. The summed E-state index contributed by atoms with van der Waals surface area (Å²) < 4.78 is 9.90. The number of hydrogen-bond acceptors (Lipinski definition) is 10. The fraction of sp³-hybridized carbons (Fsp3) is 0.250. The summed E-state index contributed by atoms with van der Waals surface area (Å²) in [5.74, 6) is -3.12. The van der Waals surface area contributed by atoms with Crippen LogP contribution in [0, 0.1) is 6.92 Å². The van der Waals surface area contributed by atoms with Crippen molar-refractivity contribution < 1.29 is 38.9 Å². The number of carboxylic acid groups (broad SMARTS) is 1. The second-order valence-corrected chi connectivity index (χ2v) is 8.88. The number of phenolic OH excluding ortho intramolecular Hbond substituents is 1. The van der Waals surface area contributed by atoms with Gasteiger partial charge in [-0.05, 0) is 36.2 Å². The second kappa shape index (κ2) is 12.5. The van der Waals surface area contributed by atoms with Crippen molar-refractivity contribution in [3.05, 3.63) is 63.0 Å². The molecule has 0 bridgehead atoms. The minimum Gasteiger partial charge on any atom is -0.508 e.